The number of nitriles is 1. The number of thiazole rings is 1. The normalized spacial score (nSPS) is 24.3. The van der Waals surface area contributed by atoms with Crippen LogP contribution in [0.25, 0.3) is 0 Å². The SMILES string of the molecule is Cc1nc2c(s1)CCCC2CNC(=O)N1C[C@@H](C#N)[C@H](c2ccccc2)C1. The first-order valence-corrected chi connectivity index (χ1v) is 10.4. The zero-order valence-corrected chi connectivity index (χ0v) is 16.3. The summed E-state index contributed by atoms with van der Waals surface area (Å²) >= 11 is 1.78. The van der Waals surface area contributed by atoms with Gasteiger partial charge in [-0.25, -0.2) is 9.78 Å². The Balaban J connectivity index is 1.39. The van der Waals surface area contributed by atoms with E-state index in [2.05, 4.69) is 18.3 Å². The van der Waals surface area contributed by atoms with E-state index in [4.69, 9.17) is 4.98 Å². The molecule has 6 heteroatoms. The van der Waals surface area contributed by atoms with E-state index in [1.807, 2.05) is 30.3 Å². The first-order chi connectivity index (χ1) is 13.2. The summed E-state index contributed by atoms with van der Waals surface area (Å²) in [6.07, 6.45) is 3.34. The number of benzene rings is 1. The highest BCUT2D eigenvalue weighted by molar-refractivity contribution is 7.11. The van der Waals surface area contributed by atoms with Gasteiger partial charge in [0, 0.05) is 36.3 Å². The Morgan fingerprint density at radius 2 is 2.19 bits per heavy atom. The van der Waals surface area contributed by atoms with Crippen LogP contribution < -0.4 is 5.32 Å². The number of hydrogen-bond donors (Lipinski definition) is 1. The number of hydrogen-bond acceptors (Lipinski definition) is 4. The summed E-state index contributed by atoms with van der Waals surface area (Å²) in [6, 6.07) is 12.4. The molecular formula is C21H24N4OS. The number of nitrogens with zero attached hydrogens (tertiary/aromatic N) is 3. The Labute approximate surface area is 164 Å². The summed E-state index contributed by atoms with van der Waals surface area (Å²) < 4.78 is 0. The molecule has 1 fully saturated rings. The standard InChI is InChI=1S/C21H24N4OS/c1-14-24-20-16(8-5-9-19(20)27-14)11-23-21(26)25-12-17(10-22)18(13-25)15-6-3-2-4-7-15/h2-4,6-7,16-18H,5,8-9,11-13H2,1H3,(H,23,26)/t16?,17-,18+/m1/s1. The lowest BCUT2D eigenvalue weighted by atomic mass is 9.90. The van der Waals surface area contributed by atoms with Gasteiger partial charge in [-0.05, 0) is 31.7 Å². The van der Waals surface area contributed by atoms with E-state index >= 15 is 0 Å². The molecule has 2 amide bonds. The monoisotopic (exact) mass is 380 g/mol. The third kappa shape index (κ3) is 3.70. The number of likely N-dealkylation sites (tertiary alicyclic amines) is 1. The molecule has 1 unspecified atom stereocenters. The van der Waals surface area contributed by atoms with Crippen molar-refractivity contribution in [2.24, 2.45) is 5.92 Å². The minimum absolute atomic E-state index is 0.0623. The molecule has 1 aliphatic heterocycles. The molecule has 2 aromatic rings. The van der Waals surface area contributed by atoms with Crippen molar-refractivity contribution in [2.75, 3.05) is 19.6 Å². The average molecular weight is 381 g/mol. The predicted molar refractivity (Wildman–Crippen MR) is 106 cm³/mol. The summed E-state index contributed by atoms with van der Waals surface area (Å²) in [6.45, 7) is 3.76. The van der Waals surface area contributed by atoms with Crippen LogP contribution in [0.1, 0.15) is 45.8 Å². The van der Waals surface area contributed by atoms with Crippen molar-refractivity contribution in [1.82, 2.24) is 15.2 Å². The molecule has 1 aromatic heterocycles. The molecule has 1 saturated heterocycles. The van der Waals surface area contributed by atoms with E-state index in [-0.39, 0.29) is 17.9 Å². The number of fused-ring (bicyclic) bond motifs is 1. The third-order valence-electron chi connectivity index (χ3n) is 5.68. The maximum Gasteiger partial charge on any atom is 0.317 e. The van der Waals surface area contributed by atoms with Crippen molar-refractivity contribution in [2.45, 2.75) is 38.0 Å². The quantitative estimate of drug-likeness (QED) is 0.880. The lowest BCUT2D eigenvalue weighted by Gasteiger charge is -2.23. The van der Waals surface area contributed by atoms with Crippen molar-refractivity contribution in [3.8, 4) is 6.07 Å². The minimum Gasteiger partial charge on any atom is -0.337 e. The molecule has 1 N–H and O–H groups in total. The number of urea groups is 1. The number of amides is 2. The Morgan fingerprint density at radius 1 is 1.37 bits per heavy atom. The van der Waals surface area contributed by atoms with Gasteiger partial charge in [-0.3, -0.25) is 0 Å². The van der Waals surface area contributed by atoms with Crippen LogP contribution in [0.4, 0.5) is 4.79 Å². The van der Waals surface area contributed by atoms with Crippen molar-refractivity contribution < 1.29 is 4.79 Å². The van der Waals surface area contributed by atoms with Crippen LogP contribution in [0, 0.1) is 24.2 Å². The van der Waals surface area contributed by atoms with Gasteiger partial charge in [0.15, 0.2) is 0 Å². The first kappa shape index (κ1) is 18.0. The number of aromatic nitrogens is 1. The molecule has 1 aromatic carbocycles. The van der Waals surface area contributed by atoms with Crippen LogP contribution >= 0.6 is 11.3 Å². The summed E-state index contributed by atoms with van der Waals surface area (Å²) in [5.41, 5.74) is 2.32. The molecule has 1 aliphatic carbocycles. The van der Waals surface area contributed by atoms with Gasteiger partial charge >= 0.3 is 6.03 Å². The Kier molecular flexibility index (Phi) is 5.13. The highest BCUT2D eigenvalue weighted by atomic mass is 32.1. The lowest BCUT2D eigenvalue weighted by molar-refractivity contribution is 0.206. The smallest absolute Gasteiger partial charge is 0.317 e. The summed E-state index contributed by atoms with van der Waals surface area (Å²) in [7, 11) is 0. The second-order valence-electron chi connectivity index (χ2n) is 7.47. The summed E-state index contributed by atoms with van der Waals surface area (Å²) in [5.74, 6) is 0.243. The van der Waals surface area contributed by atoms with Gasteiger partial charge in [-0.15, -0.1) is 11.3 Å². The van der Waals surface area contributed by atoms with Gasteiger partial charge in [0.2, 0.25) is 0 Å². The van der Waals surface area contributed by atoms with Crippen LogP contribution in [0.15, 0.2) is 30.3 Å². The van der Waals surface area contributed by atoms with Gasteiger partial charge in [0.25, 0.3) is 0 Å². The molecule has 4 rings (SSSR count). The van der Waals surface area contributed by atoms with Crippen molar-refractivity contribution in [3.05, 3.63) is 51.5 Å². The Morgan fingerprint density at radius 3 is 2.96 bits per heavy atom. The largest absolute Gasteiger partial charge is 0.337 e. The van der Waals surface area contributed by atoms with E-state index in [1.165, 1.54) is 10.6 Å². The molecule has 2 heterocycles. The summed E-state index contributed by atoms with van der Waals surface area (Å²) in [5, 5.41) is 13.7. The molecule has 0 bridgehead atoms. The number of aryl methyl sites for hydroxylation is 2. The number of carbonyl (C=O) groups is 1. The van der Waals surface area contributed by atoms with Crippen LogP contribution in [0.5, 0.6) is 0 Å². The molecule has 0 saturated carbocycles. The van der Waals surface area contributed by atoms with Crippen molar-refractivity contribution >= 4 is 17.4 Å². The Bertz CT molecular complexity index is 857. The molecule has 27 heavy (non-hydrogen) atoms. The maximum absolute atomic E-state index is 12.7. The lowest BCUT2D eigenvalue weighted by Crippen LogP contribution is -2.40. The van der Waals surface area contributed by atoms with Gasteiger partial charge in [0.1, 0.15) is 0 Å². The van der Waals surface area contributed by atoms with Crippen LogP contribution in [0.2, 0.25) is 0 Å². The molecule has 0 spiro atoms. The predicted octanol–water partition coefficient (Wildman–Crippen LogP) is 3.82. The van der Waals surface area contributed by atoms with Crippen LogP contribution in [-0.4, -0.2) is 35.5 Å². The van der Waals surface area contributed by atoms with Crippen LogP contribution in [0.3, 0.4) is 0 Å². The molecule has 0 radical (unpaired) electrons. The van der Waals surface area contributed by atoms with E-state index in [0.717, 1.165) is 29.8 Å². The van der Waals surface area contributed by atoms with Gasteiger partial charge in [-0.1, -0.05) is 30.3 Å². The molecular weight excluding hydrogens is 356 g/mol. The molecule has 3 atom stereocenters. The molecule has 2 aliphatic rings. The fourth-order valence-electron chi connectivity index (χ4n) is 4.29. The van der Waals surface area contributed by atoms with E-state index in [1.54, 1.807) is 16.2 Å². The van der Waals surface area contributed by atoms with E-state index in [0.29, 0.717) is 25.6 Å². The number of nitrogens with one attached hydrogen (secondary N) is 1. The first-order valence-electron chi connectivity index (χ1n) is 9.59. The number of carbonyl (C=O) groups excluding carboxylic acids is 1. The second kappa shape index (κ2) is 7.69. The fraction of sp³-hybridized carbons (Fsp3) is 0.476. The van der Waals surface area contributed by atoms with Crippen molar-refractivity contribution in [1.29, 1.82) is 5.26 Å². The topological polar surface area (TPSA) is 69.0 Å². The van der Waals surface area contributed by atoms with Crippen LogP contribution in [-0.2, 0) is 6.42 Å². The fourth-order valence-corrected chi connectivity index (χ4v) is 5.35. The van der Waals surface area contributed by atoms with E-state index in [9.17, 15) is 10.1 Å². The van der Waals surface area contributed by atoms with Gasteiger partial charge < -0.3 is 10.2 Å². The molecule has 140 valence electrons. The van der Waals surface area contributed by atoms with Gasteiger partial charge in [0.05, 0.1) is 22.7 Å². The minimum atomic E-state index is -0.152. The van der Waals surface area contributed by atoms with Crippen molar-refractivity contribution in [3.63, 3.8) is 0 Å². The average Bonchev–Trinajstić information content (AvgIpc) is 3.29. The second-order valence-corrected chi connectivity index (χ2v) is 8.76. The van der Waals surface area contributed by atoms with Gasteiger partial charge in [-0.2, -0.15) is 5.26 Å². The van der Waals surface area contributed by atoms with E-state index < -0.39 is 0 Å². The molecule has 5 nitrogen and oxygen atoms in total. The highest BCUT2D eigenvalue weighted by Crippen LogP contribution is 2.35. The zero-order valence-electron chi connectivity index (χ0n) is 15.5. The summed E-state index contributed by atoms with van der Waals surface area (Å²) in [4.78, 5) is 20.6. The Hall–Kier alpha value is -2.39. The number of rotatable bonds is 3. The third-order valence-corrected chi connectivity index (χ3v) is 6.72. The maximum atomic E-state index is 12.7. The zero-order chi connectivity index (χ0) is 18.8. The highest BCUT2D eigenvalue weighted by Gasteiger charge is 2.36.